The highest BCUT2D eigenvalue weighted by atomic mass is 16.3. The van der Waals surface area contributed by atoms with E-state index in [2.05, 4.69) is 15.8 Å². The van der Waals surface area contributed by atoms with Crippen LogP contribution in [0.5, 0.6) is 5.75 Å². The Morgan fingerprint density at radius 1 is 0.962 bits per heavy atom. The molecule has 3 N–H and O–H groups in total. The molecule has 130 valence electrons. The number of nitrogens with one attached hydrogen (secondary N) is 2. The first kappa shape index (κ1) is 17.0. The minimum Gasteiger partial charge on any atom is -0.507 e. The lowest BCUT2D eigenvalue weighted by molar-refractivity contribution is 0.0956. The fraction of sp³-hybridized carbons (Fsp3) is 0. The molecular weight excluding hydrogens is 334 g/mol. The van der Waals surface area contributed by atoms with Crippen LogP contribution in [0, 0.1) is 0 Å². The zero-order valence-corrected chi connectivity index (χ0v) is 13.5. The van der Waals surface area contributed by atoms with Crippen LogP contribution in [0.25, 0.3) is 0 Å². The first-order valence-corrected chi connectivity index (χ1v) is 7.70. The van der Waals surface area contributed by atoms with Crippen LogP contribution in [0.1, 0.15) is 26.5 Å². The van der Waals surface area contributed by atoms with Crippen molar-refractivity contribution in [2.75, 3.05) is 5.32 Å². The molecule has 0 radical (unpaired) electrons. The molecule has 0 spiro atoms. The molecule has 0 aliphatic heterocycles. The van der Waals surface area contributed by atoms with Gasteiger partial charge in [0.05, 0.1) is 23.7 Å². The third-order valence-corrected chi connectivity index (χ3v) is 3.47. The van der Waals surface area contributed by atoms with Gasteiger partial charge in [0.15, 0.2) is 5.76 Å². The molecule has 3 aromatic rings. The number of phenols is 1. The molecule has 0 fully saturated rings. The Hall–Kier alpha value is -3.87. The van der Waals surface area contributed by atoms with Gasteiger partial charge >= 0.3 is 0 Å². The third-order valence-electron chi connectivity index (χ3n) is 3.47. The van der Waals surface area contributed by atoms with E-state index in [0.717, 1.165) is 0 Å². The van der Waals surface area contributed by atoms with E-state index in [-0.39, 0.29) is 17.1 Å². The number of aromatic hydroxyl groups is 1. The highest BCUT2D eigenvalue weighted by molar-refractivity contribution is 6.08. The van der Waals surface area contributed by atoms with E-state index in [1.807, 2.05) is 0 Å². The summed E-state index contributed by atoms with van der Waals surface area (Å²) in [6, 6.07) is 16.2. The zero-order chi connectivity index (χ0) is 18.4. The quantitative estimate of drug-likeness (QED) is 0.486. The molecule has 2 amide bonds. The number of carbonyl (C=O) groups is 2. The van der Waals surface area contributed by atoms with Gasteiger partial charge in [0.2, 0.25) is 0 Å². The van der Waals surface area contributed by atoms with E-state index in [9.17, 15) is 14.7 Å². The number of phenolic OH excluding ortho intramolecular Hbond substituents is 1. The second-order valence-corrected chi connectivity index (χ2v) is 5.23. The summed E-state index contributed by atoms with van der Waals surface area (Å²) in [7, 11) is 0. The Kier molecular flexibility index (Phi) is 5.09. The van der Waals surface area contributed by atoms with Crippen LogP contribution >= 0.6 is 0 Å². The summed E-state index contributed by atoms with van der Waals surface area (Å²) in [6.45, 7) is 0. The van der Waals surface area contributed by atoms with Crippen LogP contribution in [0.3, 0.4) is 0 Å². The molecule has 0 saturated carbocycles. The number of hydrazone groups is 1. The third kappa shape index (κ3) is 3.96. The monoisotopic (exact) mass is 349 g/mol. The molecule has 26 heavy (non-hydrogen) atoms. The van der Waals surface area contributed by atoms with Gasteiger partial charge in [-0.3, -0.25) is 9.59 Å². The van der Waals surface area contributed by atoms with Gasteiger partial charge < -0.3 is 14.8 Å². The van der Waals surface area contributed by atoms with Crippen molar-refractivity contribution >= 4 is 23.7 Å². The predicted octanol–water partition coefficient (Wildman–Crippen LogP) is 3.00. The Balaban J connectivity index is 1.72. The summed E-state index contributed by atoms with van der Waals surface area (Å²) in [5.41, 5.74) is 3.39. The van der Waals surface area contributed by atoms with Crippen molar-refractivity contribution in [1.82, 2.24) is 5.43 Å². The topological polar surface area (TPSA) is 104 Å². The van der Waals surface area contributed by atoms with Crippen molar-refractivity contribution in [3.63, 3.8) is 0 Å². The van der Waals surface area contributed by atoms with Crippen molar-refractivity contribution in [3.8, 4) is 5.75 Å². The molecule has 3 rings (SSSR count). The normalized spacial score (nSPS) is 10.6. The summed E-state index contributed by atoms with van der Waals surface area (Å²) in [5.74, 6) is -0.783. The number of amides is 2. The van der Waals surface area contributed by atoms with Gasteiger partial charge in [0.25, 0.3) is 11.8 Å². The van der Waals surface area contributed by atoms with E-state index in [4.69, 9.17) is 4.42 Å². The largest absolute Gasteiger partial charge is 0.507 e. The SMILES string of the molecule is O=C(Nc1ccccc1C(=O)N/N=C/c1ccccc1O)c1ccco1. The number of hydrogen-bond donors (Lipinski definition) is 3. The Labute approximate surface area is 149 Å². The van der Waals surface area contributed by atoms with Gasteiger partial charge in [0.1, 0.15) is 5.75 Å². The molecular formula is C19H15N3O4. The number of nitrogens with zero attached hydrogens (tertiary/aromatic N) is 1. The van der Waals surface area contributed by atoms with Crippen LogP contribution in [0.4, 0.5) is 5.69 Å². The lowest BCUT2D eigenvalue weighted by Crippen LogP contribution is -2.21. The average Bonchev–Trinajstić information content (AvgIpc) is 3.18. The molecule has 0 unspecified atom stereocenters. The van der Waals surface area contributed by atoms with Gasteiger partial charge in [-0.1, -0.05) is 24.3 Å². The lowest BCUT2D eigenvalue weighted by Gasteiger charge is -2.08. The van der Waals surface area contributed by atoms with Crippen LogP contribution < -0.4 is 10.7 Å². The maximum absolute atomic E-state index is 12.3. The first-order chi connectivity index (χ1) is 12.6. The fourth-order valence-corrected chi connectivity index (χ4v) is 2.20. The molecule has 0 bridgehead atoms. The van der Waals surface area contributed by atoms with Gasteiger partial charge in [-0.05, 0) is 36.4 Å². The van der Waals surface area contributed by atoms with Gasteiger partial charge in [-0.15, -0.1) is 0 Å². The highest BCUT2D eigenvalue weighted by Gasteiger charge is 2.15. The number of para-hydroxylation sites is 2. The van der Waals surface area contributed by atoms with Crippen molar-refractivity contribution in [1.29, 1.82) is 0 Å². The fourth-order valence-electron chi connectivity index (χ4n) is 2.20. The van der Waals surface area contributed by atoms with Crippen molar-refractivity contribution in [3.05, 3.63) is 83.8 Å². The Bertz CT molecular complexity index is 949. The summed E-state index contributed by atoms with van der Waals surface area (Å²) in [5, 5.41) is 16.1. The average molecular weight is 349 g/mol. The first-order valence-electron chi connectivity index (χ1n) is 7.70. The molecule has 0 saturated heterocycles. The smallest absolute Gasteiger partial charge is 0.291 e. The Morgan fingerprint density at radius 3 is 2.50 bits per heavy atom. The molecule has 1 heterocycles. The summed E-state index contributed by atoms with van der Waals surface area (Å²) < 4.78 is 5.03. The van der Waals surface area contributed by atoms with Crippen LogP contribution in [0.15, 0.2) is 76.4 Å². The van der Waals surface area contributed by atoms with E-state index >= 15 is 0 Å². The number of carbonyl (C=O) groups excluding carboxylic acids is 2. The van der Waals surface area contributed by atoms with Crippen molar-refractivity contribution in [2.45, 2.75) is 0 Å². The molecule has 0 atom stereocenters. The van der Waals surface area contributed by atoms with E-state index in [1.165, 1.54) is 24.6 Å². The maximum atomic E-state index is 12.3. The molecule has 7 heteroatoms. The number of rotatable bonds is 5. The van der Waals surface area contributed by atoms with E-state index in [1.54, 1.807) is 48.5 Å². The Morgan fingerprint density at radius 2 is 1.73 bits per heavy atom. The van der Waals surface area contributed by atoms with E-state index < -0.39 is 11.8 Å². The molecule has 7 nitrogen and oxygen atoms in total. The molecule has 2 aromatic carbocycles. The summed E-state index contributed by atoms with van der Waals surface area (Å²) >= 11 is 0. The second kappa shape index (κ2) is 7.80. The van der Waals surface area contributed by atoms with Crippen LogP contribution in [-0.2, 0) is 0 Å². The predicted molar refractivity (Wildman–Crippen MR) is 96.3 cm³/mol. The number of furan rings is 1. The minimum absolute atomic E-state index is 0.0524. The second-order valence-electron chi connectivity index (χ2n) is 5.23. The lowest BCUT2D eigenvalue weighted by atomic mass is 10.1. The van der Waals surface area contributed by atoms with Gasteiger partial charge in [-0.25, -0.2) is 5.43 Å². The zero-order valence-electron chi connectivity index (χ0n) is 13.5. The van der Waals surface area contributed by atoms with Crippen molar-refractivity contribution in [2.24, 2.45) is 5.10 Å². The molecule has 1 aromatic heterocycles. The molecule has 0 aliphatic carbocycles. The number of benzene rings is 2. The maximum Gasteiger partial charge on any atom is 0.291 e. The van der Waals surface area contributed by atoms with Crippen molar-refractivity contribution < 1.29 is 19.1 Å². The van der Waals surface area contributed by atoms with E-state index in [0.29, 0.717) is 11.3 Å². The summed E-state index contributed by atoms with van der Waals surface area (Å²) in [4.78, 5) is 24.4. The summed E-state index contributed by atoms with van der Waals surface area (Å²) in [6.07, 6.45) is 2.72. The number of anilines is 1. The highest BCUT2D eigenvalue weighted by Crippen LogP contribution is 2.17. The van der Waals surface area contributed by atoms with Crippen LogP contribution in [-0.4, -0.2) is 23.1 Å². The van der Waals surface area contributed by atoms with Crippen LogP contribution in [0.2, 0.25) is 0 Å². The van der Waals surface area contributed by atoms with Gasteiger partial charge in [-0.2, -0.15) is 5.10 Å². The number of hydrogen-bond acceptors (Lipinski definition) is 5. The molecule has 0 aliphatic rings. The standard InChI is InChI=1S/C19H15N3O4/c23-16-9-4-1-6-13(16)12-20-22-18(24)14-7-2-3-8-15(14)21-19(25)17-10-5-11-26-17/h1-12,23H,(H,21,25)(H,22,24)/b20-12+. The minimum atomic E-state index is -0.507. The van der Waals surface area contributed by atoms with Gasteiger partial charge in [0, 0.05) is 5.56 Å².